The maximum absolute atomic E-state index is 12.1. The van der Waals surface area contributed by atoms with Crippen LogP contribution in [0.1, 0.15) is 21.7 Å². The van der Waals surface area contributed by atoms with E-state index < -0.39 is 0 Å². The number of carbonyl (C=O) groups excluding carboxylic acids is 1. The Labute approximate surface area is 108 Å². The number of hydrogen-bond acceptors (Lipinski definition) is 5. The van der Waals surface area contributed by atoms with Gasteiger partial charge in [0.05, 0.1) is 12.8 Å². The lowest BCUT2D eigenvalue weighted by molar-refractivity contribution is 0.102. The molecule has 0 saturated heterocycles. The van der Waals surface area contributed by atoms with E-state index in [4.69, 9.17) is 4.74 Å². The number of thiazole rings is 1. The molecule has 94 valence electrons. The molecule has 0 atom stereocenters. The number of anilines is 1. The lowest BCUT2D eigenvalue weighted by Gasteiger charge is -2.15. The molecule has 0 spiro atoms. The minimum Gasteiger partial charge on any atom is -0.477 e. The number of aryl methyl sites for hydroxylation is 2. The average Bonchev–Trinajstić information content (AvgIpc) is 2.95. The molecule has 2 aromatic heterocycles. The van der Waals surface area contributed by atoms with Crippen molar-refractivity contribution >= 4 is 22.4 Å². The highest BCUT2D eigenvalue weighted by Crippen LogP contribution is 2.24. The number of amides is 1. The third-order valence-electron chi connectivity index (χ3n) is 2.63. The standard InChI is InChI=1S/C11H12N4O2S/c1-7-5-12-11(18-7)14-9(16)8-6-13-15-3-2-4-17-10(8)15/h5-6H,2-4H2,1H3,(H,12,14,16). The van der Waals surface area contributed by atoms with Gasteiger partial charge >= 0.3 is 0 Å². The summed E-state index contributed by atoms with van der Waals surface area (Å²) in [6.07, 6.45) is 4.18. The number of hydrogen-bond donors (Lipinski definition) is 1. The minimum atomic E-state index is -0.229. The molecule has 1 aliphatic rings. The van der Waals surface area contributed by atoms with Crippen LogP contribution in [0.5, 0.6) is 5.88 Å². The van der Waals surface area contributed by atoms with Gasteiger partial charge in [-0.3, -0.25) is 10.1 Å². The normalized spacial score (nSPS) is 13.8. The van der Waals surface area contributed by atoms with Gasteiger partial charge in [-0.1, -0.05) is 0 Å². The third kappa shape index (κ3) is 1.97. The van der Waals surface area contributed by atoms with Gasteiger partial charge in [-0.2, -0.15) is 5.10 Å². The molecule has 1 aliphatic heterocycles. The smallest absolute Gasteiger partial charge is 0.264 e. The molecule has 0 radical (unpaired) electrons. The quantitative estimate of drug-likeness (QED) is 0.896. The molecule has 2 aromatic rings. The van der Waals surface area contributed by atoms with Crippen LogP contribution in [0.2, 0.25) is 0 Å². The Bertz CT molecular complexity index is 590. The Morgan fingerprint density at radius 2 is 2.44 bits per heavy atom. The van der Waals surface area contributed by atoms with Crippen LogP contribution in [0.15, 0.2) is 12.4 Å². The zero-order chi connectivity index (χ0) is 12.5. The molecular weight excluding hydrogens is 252 g/mol. The predicted octanol–water partition coefficient (Wildman–Crippen LogP) is 1.68. The monoisotopic (exact) mass is 264 g/mol. The molecular formula is C11H12N4O2S. The van der Waals surface area contributed by atoms with Gasteiger partial charge in [0.2, 0.25) is 5.88 Å². The molecule has 0 saturated carbocycles. The van der Waals surface area contributed by atoms with Crippen LogP contribution in [0.4, 0.5) is 5.13 Å². The van der Waals surface area contributed by atoms with E-state index in [0.717, 1.165) is 17.8 Å². The molecule has 7 heteroatoms. The lowest BCUT2D eigenvalue weighted by Crippen LogP contribution is -2.18. The first-order chi connectivity index (χ1) is 8.74. The summed E-state index contributed by atoms with van der Waals surface area (Å²) in [5.74, 6) is 0.319. The first-order valence-corrected chi connectivity index (χ1v) is 6.48. The van der Waals surface area contributed by atoms with Crippen molar-refractivity contribution < 1.29 is 9.53 Å². The van der Waals surface area contributed by atoms with E-state index in [-0.39, 0.29) is 5.91 Å². The van der Waals surface area contributed by atoms with Gasteiger partial charge in [0.15, 0.2) is 5.13 Å². The molecule has 0 bridgehead atoms. The molecule has 3 rings (SSSR count). The number of nitrogens with zero attached hydrogens (tertiary/aromatic N) is 3. The van der Waals surface area contributed by atoms with E-state index in [1.54, 1.807) is 10.9 Å². The third-order valence-corrected chi connectivity index (χ3v) is 3.46. The Kier molecular flexibility index (Phi) is 2.75. The fourth-order valence-corrected chi connectivity index (χ4v) is 2.46. The van der Waals surface area contributed by atoms with Crippen molar-refractivity contribution in [1.82, 2.24) is 14.8 Å². The molecule has 3 heterocycles. The molecule has 0 unspecified atom stereocenters. The largest absolute Gasteiger partial charge is 0.477 e. The van der Waals surface area contributed by atoms with Crippen LogP contribution in [-0.2, 0) is 6.54 Å². The lowest BCUT2D eigenvalue weighted by atomic mass is 10.3. The second kappa shape index (κ2) is 4.41. The fourth-order valence-electron chi connectivity index (χ4n) is 1.80. The van der Waals surface area contributed by atoms with E-state index in [1.807, 2.05) is 6.92 Å². The summed E-state index contributed by atoms with van der Waals surface area (Å²) >= 11 is 1.44. The zero-order valence-electron chi connectivity index (χ0n) is 9.84. The zero-order valence-corrected chi connectivity index (χ0v) is 10.7. The second-order valence-corrected chi connectivity index (χ2v) is 5.25. The molecule has 18 heavy (non-hydrogen) atoms. The summed E-state index contributed by atoms with van der Waals surface area (Å²) < 4.78 is 7.20. The van der Waals surface area contributed by atoms with E-state index >= 15 is 0 Å². The first kappa shape index (κ1) is 11.2. The van der Waals surface area contributed by atoms with Crippen LogP contribution in [0.3, 0.4) is 0 Å². The topological polar surface area (TPSA) is 69.0 Å². The van der Waals surface area contributed by atoms with Crippen molar-refractivity contribution in [2.24, 2.45) is 0 Å². The van der Waals surface area contributed by atoms with Crippen LogP contribution in [0.25, 0.3) is 0 Å². The van der Waals surface area contributed by atoms with Crippen molar-refractivity contribution in [1.29, 1.82) is 0 Å². The molecule has 1 N–H and O–H groups in total. The summed E-state index contributed by atoms with van der Waals surface area (Å²) in [7, 11) is 0. The number of rotatable bonds is 2. The van der Waals surface area contributed by atoms with Crippen LogP contribution in [0, 0.1) is 6.92 Å². The Morgan fingerprint density at radius 3 is 3.22 bits per heavy atom. The predicted molar refractivity (Wildman–Crippen MR) is 67.1 cm³/mol. The summed E-state index contributed by atoms with van der Waals surface area (Å²) in [6.45, 7) is 3.36. The summed E-state index contributed by atoms with van der Waals surface area (Å²) in [5.41, 5.74) is 0.461. The number of aromatic nitrogens is 3. The Morgan fingerprint density at radius 1 is 1.56 bits per heavy atom. The number of fused-ring (bicyclic) bond motifs is 1. The molecule has 0 fully saturated rings. The first-order valence-electron chi connectivity index (χ1n) is 5.66. The molecule has 6 nitrogen and oxygen atoms in total. The van der Waals surface area contributed by atoms with E-state index in [1.165, 1.54) is 17.5 Å². The number of nitrogens with one attached hydrogen (secondary N) is 1. The van der Waals surface area contributed by atoms with Crippen molar-refractivity contribution in [3.8, 4) is 5.88 Å². The molecule has 1 amide bonds. The van der Waals surface area contributed by atoms with Gasteiger partial charge in [0.25, 0.3) is 5.91 Å². The van der Waals surface area contributed by atoms with Gasteiger partial charge in [0.1, 0.15) is 5.56 Å². The van der Waals surface area contributed by atoms with Crippen LogP contribution >= 0.6 is 11.3 Å². The SMILES string of the molecule is Cc1cnc(NC(=O)c2cnn3c2OCCC3)s1. The highest BCUT2D eigenvalue weighted by molar-refractivity contribution is 7.15. The highest BCUT2D eigenvalue weighted by Gasteiger charge is 2.22. The maximum Gasteiger partial charge on any atom is 0.264 e. The van der Waals surface area contributed by atoms with Gasteiger partial charge in [0, 0.05) is 24.0 Å². The van der Waals surface area contributed by atoms with Crippen LogP contribution in [-0.4, -0.2) is 27.3 Å². The van der Waals surface area contributed by atoms with Gasteiger partial charge in [-0.15, -0.1) is 11.3 Å². The number of carbonyl (C=O) groups is 1. The van der Waals surface area contributed by atoms with Crippen LogP contribution < -0.4 is 10.1 Å². The van der Waals surface area contributed by atoms with E-state index in [0.29, 0.717) is 23.2 Å². The van der Waals surface area contributed by atoms with Crippen molar-refractivity contribution in [2.75, 3.05) is 11.9 Å². The second-order valence-electron chi connectivity index (χ2n) is 4.02. The van der Waals surface area contributed by atoms with Gasteiger partial charge < -0.3 is 4.74 Å². The van der Waals surface area contributed by atoms with E-state index in [9.17, 15) is 4.79 Å². The Hall–Kier alpha value is -1.89. The Balaban J connectivity index is 1.82. The highest BCUT2D eigenvalue weighted by atomic mass is 32.1. The fraction of sp³-hybridized carbons (Fsp3) is 0.364. The van der Waals surface area contributed by atoms with Gasteiger partial charge in [-0.05, 0) is 6.92 Å². The van der Waals surface area contributed by atoms with Gasteiger partial charge in [-0.25, -0.2) is 9.67 Å². The summed E-state index contributed by atoms with van der Waals surface area (Å²) in [4.78, 5) is 17.2. The molecule has 0 aromatic carbocycles. The average molecular weight is 264 g/mol. The van der Waals surface area contributed by atoms with E-state index in [2.05, 4.69) is 15.4 Å². The number of ether oxygens (including phenoxy) is 1. The van der Waals surface area contributed by atoms with Crippen molar-refractivity contribution in [3.63, 3.8) is 0 Å². The summed E-state index contributed by atoms with van der Waals surface area (Å²) in [5, 5.41) is 7.48. The minimum absolute atomic E-state index is 0.229. The summed E-state index contributed by atoms with van der Waals surface area (Å²) in [6, 6.07) is 0. The molecule has 0 aliphatic carbocycles. The maximum atomic E-state index is 12.1. The van der Waals surface area contributed by atoms with Crippen molar-refractivity contribution in [3.05, 3.63) is 22.8 Å². The van der Waals surface area contributed by atoms with Crippen molar-refractivity contribution in [2.45, 2.75) is 19.9 Å².